The fourth-order valence-corrected chi connectivity index (χ4v) is 3.95. The lowest BCUT2D eigenvalue weighted by Gasteiger charge is -2.30. The fraction of sp³-hybridized carbons (Fsp3) is 0.600. The molecule has 0 bridgehead atoms. The molecule has 0 radical (unpaired) electrons. The van der Waals surface area contributed by atoms with Crippen LogP contribution in [-0.4, -0.2) is 29.9 Å². The van der Waals surface area contributed by atoms with Crippen LogP contribution in [0.2, 0.25) is 0 Å². The molecule has 25 heavy (non-hydrogen) atoms. The largest absolute Gasteiger partial charge is 0.447 e. The maximum Gasteiger partial charge on any atom is 0.407 e. The highest BCUT2D eigenvalue weighted by Gasteiger charge is 2.34. The molecule has 0 aromatic heterocycles. The number of aryl methyl sites for hydroxylation is 1. The number of ether oxygens (including phenoxy) is 1. The Bertz CT molecular complexity index is 619. The summed E-state index contributed by atoms with van der Waals surface area (Å²) in [5, 5.41) is 3.19. The monoisotopic (exact) mass is 409 g/mol. The van der Waals surface area contributed by atoms with Gasteiger partial charge in [-0.25, -0.2) is 4.79 Å². The lowest BCUT2D eigenvalue weighted by Crippen LogP contribution is -2.34. The maximum absolute atomic E-state index is 12.7. The van der Waals surface area contributed by atoms with Crippen LogP contribution >= 0.6 is 15.9 Å². The number of cyclic esters (lactones) is 1. The summed E-state index contributed by atoms with van der Waals surface area (Å²) < 4.78 is 4.93. The van der Waals surface area contributed by atoms with Crippen molar-refractivity contribution in [2.45, 2.75) is 57.9 Å². The number of ketones is 1. The quantitative estimate of drug-likeness (QED) is 0.609. The Labute approximate surface area is 158 Å². The van der Waals surface area contributed by atoms with E-state index in [-0.39, 0.29) is 17.9 Å². The first kappa shape index (κ1) is 20.0. The lowest BCUT2D eigenvalue weighted by atomic mass is 9.73. The molecule has 4 nitrogen and oxygen atoms in total. The number of hydrogen-bond acceptors (Lipinski definition) is 3. The van der Waals surface area contributed by atoms with Crippen LogP contribution < -0.4 is 5.32 Å². The van der Waals surface area contributed by atoms with E-state index in [1.54, 1.807) is 0 Å². The molecule has 1 aromatic rings. The molecule has 1 amide bonds. The first-order chi connectivity index (χ1) is 11.8. The first-order valence-corrected chi connectivity index (χ1v) is 10.1. The zero-order valence-corrected chi connectivity index (χ0v) is 16.9. The van der Waals surface area contributed by atoms with Gasteiger partial charge in [-0.1, -0.05) is 52.7 Å². The van der Waals surface area contributed by atoms with Crippen molar-refractivity contribution >= 4 is 27.8 Å². The molecule has 138 valence electrons. The third-order valence-corrected chi connectivity index (χ3v) is 5.78. The van der Waals surface area contributed by atoms with E-state index in [4.69, 9.17) is 4.74 Å². The van der Waals surface area contributed by atoms with E-state index < -0.39 is 5.41 Å². The fourth-order valence-electron chi connectivity index (χ4n) is 3.33. The van der Waals surface area contributed by atoms with Gasteiger partial charge in [0.1, 0.15) is 6.61 Å². The van der Waals surface area contributed by atoms with Crippen molar-refractivity contribution in [3.05, 3.63) is 35.4 Å². The number of benzene rings is 1. The molecule has 1 aromatic carbocycles. The average Bonchev–Trinajstić information content (AvgIpc) is 3.02. The Morgan fingerprint density at radius 3 is 2.80 bits per heavy atom. The van der Waals surface area contributed by atoms with Gasteiger partial charge in [0.25, 0.3) is 0 Å². The second-order valence-electron chi connectivity index (χ2n) is 7.42. The van der Waals surface area contributed by atoms with Gasteiger partial charge in [0.15, 0.2) is 5.78 Å². The summed E-state index contributed by atoms with van der Waals surface area (Å²) in [6, 6.07) is 8.39. The van der Waals surface area contributed by atoms with Crippen molar-refractivity contribution < 1.29 is 14.3 Å². The van der Waals surface area contributed by atoms with Crippen LogP contribution in [-0.2, 0) is 14.9 Å². The number of halogens is 1. The molecule has 0 spiro atoms. The van der Waals surface area contributed by atoms with Crippen LogP contribution in [0.5, 0.6) is 0 Å². The van der Waals surface area contributed by atoms with Gasteiger partial charge in [-0.15, -0.1) is 0 Å². The van der Waals surface area contributed by atoms with E-state index in [0.29, 0.717) is 17.9 Å². The number of alkyl halides is 1. The predicted octanol–water partition coefficient (Wildman–Crippen LogP) is 4.52. The highest BCUT2D eigenvalue weighted by molar-refractivity contribution is 9.09. The molecule has 0 aliphatic carbocycles. The number of nitrogens with one attached hydrogen (secondary N) is 1. The number of carbonyl (C=O) groups excluding carboxylic acids is 2. The smallest absolute Gasteiger partial charge is 0.407 e. The summed E-state index contributed by atoms with van der Waals surface area (Å²) in [5.74, 6) is 0.714. The summed E-state index contributed by atoms with van der Waals surface area (Å²) >= 11 is 3.35. The maximum atomic E-state index is 12.7. The minimum atomic E-state index is -0.464. The number of alkyl carbamates (subject to hydrolysis) is 1. The van der Waals surface area contributed by atoms with Gasteiger partial charge in [-0.3, -0.25) is 4.79 Å². The SMILES string of the molecule is Cc1cccc(C(C)(CCC(C)CCC2COC(=O)N2)C(=O)CBr)c1. The van der Waals surface area contributed by atoms with Crippen LogP contribution in [0.1, 0.15) is 50.7 Å². The molecule has 3 unspecified atom stereocenters. The minimum Gasteiger partial charge on any atom is -0.447 e. The standard InChI is InChI=1S/C20H28BrNO3/c1-14(7-8-17-13-25-19(24)22-17)9-10-20(3,18(23)12-21)16-6-4-5-15(2)11-16/h4-6,11,14,17H,7-10,12-13H2,1-3H3,(H,22,24). The normalized spacial score (nSPS) is 20.5. The van der Waals surface area contributed by atoms with Crippen LogP contribution in [0.15, 0.2) is 24.3 Å². The van der Waals surface area contributed by atoms with E-state index in [1.165, 1.54) is 5.56 Å². The Kier molecular flexibility index (Phi) is 7.05. The van der Waals surface area contributed by atoms with E-state index >= 15 is 0 Å². The Balaban J connectivity index is 1.95. The van der Waals surface area contributed by atoms with E-state index in [0.717, 1.165) is 31.2 Å². The Hall–Kier alpha value is -1.36. The number of amides is 1. The third kappa shape index (κ3) is 5.30. The van der Waals surface area contributed by atoms with Gasteiger partial charge in [-0.2, -0.15) is 0 Å². The van der Waals surface area contributed by atoms with Crippen LogP contribution in [0.3, 0.4) is 0 Å². The molecule has 1 aliphatic heterocycles. The number of Topliss-reactive ketones (excluding diaryl/α,β-unsaturated/α-hetero) is 1. The molecular formula is C20H28BrNO3. The van der Waals surface area contributed by atoms with Gasteiger partial charge < -0.3 is 10.1 Å². The lowest BCUT2D eigenvalue weighted by molar-refractivity contribution is -0.121. The average molecular weight is 410 g/mol. The van der Waals surface area contributed by atoms with E-state index in [9.17, 15) is 9.59 Å². The number of rotatable bonds is 9. The van der Waals surface area contributed by atoms with Crippen molar-refractivity contribution in [3.8, 4) is 0 Å². The van der Waals surface area contributed by atoms with Gasteiger partial charge >= 0.3 is 6.09 Å². The van der Waals surface area contributed by atoms with Crippen molar-refractivity contribution in [2.24, 2.45) is 5.92 Å². The molecule has 1 aliphatic rings. The zero-order chi connectivity index (χ0) is 18.4. The van der Waals surface area contributed by atoms with Crippen molar-refractivity contribution in [1.82, 2.24) is 5.32 Å². The van der Waals surface area contributed by atoms with Gasteiger partial charge in [0.05, 0.1) is 16.8 Å². The molecule has 1 fully saturated rings. The van der Waals surface area contributed by atoms with Gasteiger partial charge in [0, 0.05) is 0 Å². The van der Waals surface area contributed by atoms with E-state index in [2.05, 4.69) is 60.2 Å². The predicted molar refractivity (Wildman–Crippen MR) is 103 cm³/mol. The second kappa shape index (κ2) is 8.84. The molecular weight excluding hydrogens is 382 g/mol. The first-order valence-electron chi connectivity index (χ1n) is 8.95. The minimum absolute atomic E-state index is 0.127. The molecule has 5 heteroatoms. The summed E-state index contributed by atoms with van der Waals surface area (Å²) in [7, 11) is 0. The highest BCUT2D eigenvalue weighted by Crippen LogP contribution is 2.33. The summed E-state index contributed by atoms with van der Waals surface area (Å²) in [6.07, 6.45) is 3.43. The van der Waals surface area contributed by atoms with Crippen molar-refractivity contribution in [3.63, 3.8) is 0 Å². The van der Waals surface area contributed by atoms with Crippen LogP contribution in [0.25, 0.3) is 0 Å². The summed E-state index contributed by atoms with van der Waals surface area (Å²) in [6.45, 7) is 6.80. The Morgan fingerprint density at radius 2 is 2.20 bits per heavy atom. The number of carbonyl (C=O) groups is 2. The third-order valence-electron chi connectivity index (χ3n) is 5.27. The molecule has 1 heterocycles. The van der Waals surface area contributed by atoms with Crippen molar-refractivity contribution in [2.75, 3.05) is 11.9 Å². The van der Waals surface area contributed by atoms with Crippen molar-refractivity contribution in [1.29, 1.82) is 0 Å². The summed E-state index contributed by atoms with van der Waals surface area (Å²) in [5.41, 5.74) is 1.81. The zero-order valence-electron chi connectivity index (χ0n) is 15.3. The second-order valence-corrected chi connectivity index (χ2v) is 7.98. The van der Waals surface area contributed by atoms with Crippen LogP contribution in [0, 0.1) is 12.8 Å². The molecule has 0 saturated carbocycles. The van der Waals surface area contributed by atoms with Gasteiger partial charge in [-0.05, 0) is 51.0 Å². The Morgan fingerprint density at radius 1 is 1.44 bits per heavy atom. The van der Waals surface area contributed by atoms with Crippen LogP contribution in [0.4, 0.5) is 4.79 Å². The summed E-state index contributed by atoms with van der Waals surface area (Å²) in [4.78, 5) is 23.7. The number of hydrogen-bond donors (Lipinski definition) is 1. The van der Waals surface area contributed by atoms with Gasteiger partial charge in [0.2, 0.25) is 0 Å². The molecule has 2 rings (SSSR count). The molecule has 1 saturated heterocycles. The molecule has 1 N–H and O–H groups in total. The molecule has 3 atom stereocenters. The highest BCUT2D eigenvalue weighted by atomic mass is 79.9. The van der Waals surface area contributed by atoms with E-state index in [1.807, 2.05) is 6.07 Å². The topological polar surface area (TPSA) is 55.4 Å².